The highest BCUT2D eigenvalue weighted by molar-refractivity contribution is 6.31. The molecule has 3 rings (SSSR count). The molecule has 1 atom stereocenters. The van der Waals surface area contributed by atoms with Crippen LogP contribution in [-0.2, 0) is 0 Å². The van der Waals surface area contributed by atoms with E-state index in [1.165, 1.54) is 7.11 Å². The normalized spacial score (nSPS) is 14.0. The maximum Gasteiger partial charge on any atom is 0.255 e. The molecule has 24 heavy (non-hydrogen) atoms. The first-order valence-corrected chi connectivity index (χ1v) is 8.01. The molecule has 2 aromatic carbocycles. The lowest BCUT2D eigenvalue weighted by molar-refractivity contribution is 0.0936. The van der Waals surface area contributed by atoms with Gasteiger partial charge in [0.1, 0.15) is 19.0 Å². The summed E-state index contributed by atoms with van der Waals surface area (Å²) >= 11 is 6.33. The van der Waals surface area contributed by atoms with Crippen LogP contribution in [0.1, 0.15) is 28.9 Å². The molecule has 0 bridgehead atoms. The lowest BCUT2D eigenvalue weighted by Gasteiger charge is -2.22. The molecule has 126 valence electrons. The average molecular weight is 348 g/mol. The van der Waals surface area contributed by atoms with Crippen LogP contribution in [0, 0.1) is 0 Å². The predicted molar refractivity (Wildman–Crippen MR) is 91.3 cm³/mol. The van der Waals surface area contributed by atoms with E-state index in [4.69, 9.17) is 25.8 Å². The molecule has 1 aliphatic heterocycles. The second-order valence-electron chi connectivity index (χ2n) is 5.41. The van der Waals surface area contributed by atoms with Crippen molar-refractivity contribution in [3.63, 3.8) is 0 Å². The number of hydrogen-bond acceptors (Lipinski definition) is 4. The fraction of sp³-hybridized carbons (Fsp3) is 0.278. The molecular weight excluding hydrogens is 330 g/mol. The summed E-state index contributed by atoms with van der Waals surface area (Å²) in [4.78, 5) is 12.5. The van der Waals surface area contributed by atoms with E-state index in [1.54, 1.807) is 24.3 Å². The number of fused-ring (bicyclic) bond motifs is 1. The first-order chi connectivity index (χ1) is 11.6. The van der Waals surface area contributed by atoms with Gasteiger partial charge in [0.15, 0.2) is 11.5 Å². The van der Waals surface area contributed by atoms with Gasteiger partial charge >= 0.3 is 0 Å². The number of carbonyl (C=O) groups excluding carboxylic acids is 1. The van der Waals surface area contributed by atoms with Crippen molar-refractivity contribution in [2.75, 3.05) is 20.3 Å². The van der Waals surface area contributed by atoms with Gasteiger partial charge in [-0.2, -0.15) is 0 Å². The Hall–Kier alpha value is -2.40. The van der Waals surface area contributed by atoms with Crippen LogP contribution in [0.5, 0.6) is 17.2 Å². The second kappa shape index (κ2) is 7.01. The molecule has 0 aromatic heterocycles. The van der Waals surface area contributed by atoms with Gasteiger partial charge in [-0.1, -0.05) is 23.7 Å². The summed E-state index contributed by atoms with van der Waals surface area (Å²) in [6.07, 6.45) is 0. The van der Waals surface area contributed by atoms with E-state index in [2.05, 4.69) is 5.32 Å². The van der Waals surface area contributed by atoms with Gasteiger partial charge in [0.2, 0.25) is 0 Å². The summed E-state index contributed by atoms with van der Waals surface area (Å²) in [5.74, 6) is 1.55. The maximum absolute atomic E-state index is 12.5. The number of ether oxygens (including phenoxy) is 3. The predicted octanol–water partition coefficient (Wildman–Crippen LogP) is 3.61. The van der Waals surface area contributed by atoms with E-state index in [0.717, 1.165) is 5.56 Å². The van der Waals surface area contributed by atoms with Crippen LogP contribution in [0.25, 0.3) is 0 Å². The monoisotopic (exact) mass is 347 g/mol. The zero-order chi connectivity index (χ0) is 17.1. The highest BCUT2D eigenvalue weighted by Crippen LogP contribution is 2.37. The number of amides is 1. The van der Waals surface area contributed by atoms with Gasteiger partial charge in [0.25, 0.3) is 5.91 Å². The molecule has 1 heterocycles. The first-order valence-electron chi connectivity index (χ1n) is 7.63. The second-order valence-corrected chi connectivity index (χ2v) is 5.82. The van der Waals surface area contributed by atoms with Gasteiger partial charge < -0.3 is 19.5 Å². The number of hydrogen-bond donors (Lipinski definition) is 1. The molecule has 6 heteroatoms. The number of halogens is 1. The summed E-state index contributed by atoms with van der Waals surface area (Å²) in [5.41, 5.74) is 1.24. The Morgan fingerprint density at radius 3 is 2.58 bits per heavy atom. The van der Waals surface area contributed by atoms with Gasteiger partial charge in [0, 0.05) is 11.1 Å². The Balaban J connectivity index is 1.82. The first kappa shape index (κ1) is 16.5. The molecular formula is C18H18ClNO4. The minimum absolute atomic E-state index is 0.231. The van der Waals surface area contributed by atoms with Crippen LogP contribution in [0.2, 0.25) is 5.02 Å². The molecule has 0 aliphatic carbocycles. The molecule has 1 amide bonds. The largest absolute Gasteiger partial charge is 0.496 e. The van der Waals surface area contributed by atoms with Gasteiger partial charge in [-0.05, 0) is 30.7 Å². The van der Waals surface area contributed by atoms with Crippen molar-refractivity contribution in [1.29, 1.82) is 0 Å². The summed E-state index contributed by atoms with van der Waals surface area (Å²) in [6.45, 7) is 2.86. The highest BCUT2D eigenvalue weighted by atomic mass is 35.5. The van der Waals surface area contributed by atoms with Crippen molar-refractivity contribution in [1.82, 2.24) is 5.32 Å². The molecule has 0 saturated carbocycles. The molecule has 1 aliphatic rings. The summed E-state index contributed by atoms with van der Waals surface area (Å²) in [7, 11) is 1.53. The average Bonchev–Trinajstić information content (AvgIpc) is 2.60. The molecule has 2 aromatic rings. The van der Waals surface area contributed by atoms with Crippen molar-refractivity contribution >= 4 is 17.5 Å². The molecule has 1 unspecified atom stereocenters. The Morgan fingerprint density at radius 2 is 1.88 bits per heavy atom. The highest BCUT2D eigenvalue weighted by Gasteiger charge is 2.21. The third-order valence-corrected chi connectivity index (χ3v) is 4.15. The van der Waals surface area contributed by atoms with Crippen LogP contribution in [0.3, 0.4) is 0 Å². The topological polar surface area (TPSA) is 56.8 Å². The standard InChI is InChI=1S/C18H18ClNO4/c1-11(20-18(21)12-5-3-4-6-15(12)22-2)13-9-16-17(10-14(13)19)24-8-7-23-16/h3-6,9-11H,7-8H2,1-2H3,(H,20,21). The number of methoxy groups -OCH3 is 1. The Kier molecular flexibility index (Phi) is 4.81. The zero-order valence-electron chi connectivity index (χ0n) is 13.5. The van der Waals surface area contributed by atoms with Gasteiger partial charge in [0.05, 0.1) is 18.7 Å². The van der Waals surface area contributed by atoms with Gasteiger partial charge in [-0.3, -0.25) is 4.79 Å². The molecule has 0 spiro atoms. The van der Waals surface area contributed by atoms with Crippen molar-refractivity contribution in [3.05, 3.63) is 52.5 Å². The van der Waals surface area contributed by atoms with Crippen molar-refractivity contribution in [2.24, 2.45) is 0 Å². The third kappa shape index (κ3) is 3.26. The minimum atomic E-state index is -0.300. The molecule has 5 nitrogen and oxygen atoms in total. The van der Waals surface area contributed by atoms with Crippen LogP contribution in [0.15, 0.2) is 36.4 Å². The fourth-order valence-corrected chi connectivity index (χ4v) is 2.91. The lowest BCUT2D eigenvalue weighted by atomic mass is 10.1. The molecule has 0 fully saturated rings. The quantitative estimate of drug-likeness (QED) is 0.918. The van der Waals surface area contributed by atoms with E-state index in [1.807, 2.05) is 19.1 Å². The van der Waals surface area contributed by atoms with Crippen molar-refractivity contribution < 1.29 is 19.0 Å². The van der Waals surface area contributed by atoms with E-state index < -0.39 is 0 Å². The van der Waals surface area contributed by atoms with E-state index >= 15 is 0 Å². The summed E-state index contributed by atoms with van der Waals surface area (Å²) in [5, 5.41) is 3.46. The summed E-state index contributed by atoms with van der Waals surface area (Å²) in [6, 6.07) is 10.3. The third-order valence-electron chi connectivity index (χ3n) is 3.83. The smallest absolute Gasteiger partial charge is 0.255 e. The van der Waals surface area contributed by atoms with Crippen LogP contribution >= 0.6 is 11.6 Å². The van der Waals surface area contributed by atoms with Crippen molar-refractivity contribution in [2.45, 2.75) is 13.0 Å². The SMILES string of the molecule is COc1ccccc1C(=O)NC(C)c1cc2c(cc1Cl)OCCO2. The lowest BCUT2D eigenvalue weighted by Crippen LogP contribution is -2.27. The van der Waals surface area contributed by atoms with Gasteiger partial charge in [-0.15, -0.1) is 0 Å². The van der Waals surface area contributed by atoms with Crippen LogP contribution in [0.4, 0.5) is 0 Å². The number of para-hydroxylation sites is 1. The van der Waals surface area contributed by atoms with E-state index in [-0.39, 0.29) is 11.9 Å². The number of carbonyl (C=O) groups is 1. The van der Waals surface area contributed by atoms with Gasteiger partial charge in [-0.25, -0.2) is 0 Å². The maximum atomic E-state index is 12.5. The number of benzene rings is 2. The Labute approximate surface area is 145 Å². The van der Waals surface area contributed by atoms with E-state index in [0.29, 0.717) is 41.0 Å². The molecule has 0 radical (unpaired) electrons. The number of rotatable bonds is 4. The minimum Gasteiger partial charge on any atom is -0.496 e. The Bertz CT molecular complexity index is 763. The van der Waals surface area contributed by atoms with Crippen LogP contribution < -0.4 is 19.5 Å². The fourth-order valence-electron chi connectivity index (χ4n) is 2.60. The van der Waals surface area contributed by atoms with Crippen molar-refractivity contribution in [3.8, 4) is 17.2 Å². The number of nitrogens with one attached hydrogen (secondary N) is 1. The summed E-state index contributed by atoms with van der Waals surface area (Å²) < 4.78 is 16.3. The van der Waals surface area contributed by atoms with E-state index in [9.17, 15) is 4.79 Å². The Morgan fingerprint density at radius 1 is 1.21 bits per heavy atom. The zero-order valence-corrected chi connectivity index (χ0v) is 14.2. The van der Waals surface area contributed by atoms with Crippen LogP contribution in [-0.4, -0.2) is 26.2 Å². The molecule has 1 N–H and O–H groups in total. The molecule has 0 saturated heterocycles.